The van der Waals surface area contributed by atoms with Crippen LogP contribution >= 0.6 is 0 Å². The quantitative estimate of drug-likeness (QED) is 0.0811. The van der Waals surface area contributed by atoms with E-state index in [2.05, 4.69) is 0 Å². The van der Waals surface area contributed by atoms with E-state index in [9.17, 15) is 56.2 Å². The van der Waals surface area contributed by atoms with Crippen molar-refractivity contribution in [2.45, 2.75) is 104 Å². The van der Waals surface area contributed by atoms with Crippen LogP contribution in [0.2, 0.25) is 0 Å². The average Bonchev–Trinajstić information content (AvgIpc) is 3.91. The normalized spacial score (nSPS) is 40.3. The monoisotopic (exact) mass is 904 g/mol. The van der Waals surface area contributed by atoms with Crippen LogP contribution in [-0.2, 0) is 28.4 Å². The average molecular weight is 905 g/mol. The molecule has 5 aliphatic rings. The smallest absolute Gasteiger partial charge is 0.229 e. The molecule has 354 valence electrons. The third kappa shape index (κ3) is 9.09. The largest absolute Gasteiger partial charge is 0.493 e. The molecular weight excluding hydrogens is 848 g/mol. The van der Waals surface area contributed by atoms with Crippen molar-refractivity contribution >= 4 is 0 Å². The maximum Gasteiger partial charge on any atom is 0.229 e. The number of aliphatic hydroxyl groups excluding tert-OH is 11. The molecule has 0 bridgehead atoms. The second-order valence-electron chi connectivity index (χ2n) is 15.8. The van der Waals surface area contributed by atoms with Gasteiger partial charge < -0.3 is 113 Å². The highest BCUT2D eigenvalue weighted by molar-refractivity contribution is 5.56. The summed E-state index contributed by atoms with van der Waals surface area (Å²) >= 11 is 0. The van der Waals surface area contributed by atoms with Crippen molar-refractivity contribution in [2.24, 2.45) is 11.8 Å². The minimum Gasteiger partial charge on any atom is -0.493 e. The highest BCUT2D eigenvalue weighted by Gasteiger charge is 2.51. The Kier molecular flexibility index (Phi) is 15.1. The van der Waals surface area contributed by atoms with Crippen molar-refractivity contribution in [2.75, 3.05) is 61.5 Å². The van der Waals surface area contributed by atoms with E-state index in [0.29, 0.717) is 11.1 Å². The van der Waals surface area contributed by atoms with Crippen LogP contribution in [0, 0.1) is 11.8 Å². The molecule has 0 radical (unpaired) electrons. The molecule has 0 amide bonds. The van der Waals surface area contributed by atoms with Gasteiger partial charge in [0.1, 0.15) is 73.2 Å². The van der Waals surface area contributed by atoms with Gasteiger partial charge in [-0.25, -0.2) is 0 Å². The number of hydrogen-bond donors (Lipinski definition) is 11. The summed E-state index contributed by atoms with van der Waals surface area (Å²) in [6.45, 7) is -1.37. The summed E-state index contributed by atoms with van der Waals surface area (Å²) in [7, 11) is 5.54. The van der Waals surface area contributed by atoms with E-state index in [4.69, 9.17) is 56.8 Å². The Morgan fingerprint density at radius 3 is 1.16 bits per heavy atom. The second kappa shape index (κ2) is 20.0. The molecule has 5 saturated heterocycles. The molecule has 63 heavy (non-hydrogen) atoms. The van der Waals surface area contributed by atoms with Crippen molar-refractivity contribution in [3.8, 4) is 34.5 Å². The van der Waals surface area contributed by atoms with Gasteiger partial charge in [0.15, 0.2) is 29.3 Å². The van der Waals surface area contributed by atoms with Crippen molar-refractivity contribution in [3.63, 3.8) is 0 Å². The van der Waals surface area contributed by atoms with Crippen LogP contribution < -0.4 is 28.4 Å². The Labute approximate surface area is 360 Å². The third-order valence-electron chi connectivity index (χ3n) is 12.1. The van der Waals surface area contributed by atoms with E-state index in [1.165, 1.54) is 28.4 Å². The summed E-state index contributed by atoms with van der Waals surface area (Å²) in [5, 5.41) is 113. The van der Waals surface area contributed by atoms with E-state index in [0.717, 1.165) is 0 Å². The molecule has 23 nitrogen and oxygen atoms in total. The molecule has 0 saturated carbocycles. The Morgan fingerprint density at radius 2 is 0.794 bits per heavy atom. The maximum atomic E-state index is 10.9. The Hall–Kier alpha value is -3.44. The lowest BCUT2D eigenvalue weighted by Gasteiger charge is -2.42. The third-order valence-corrected chi connectivity index (χ3v) is 12.1. The predicted octanol–water partition coefficient (Wildman–Crippen LogP) is -4.02. The summed E-state index contributed by atoms with van der Waals surface area (Å²) in [6, 6.07) is 6.64. The van der Waals surface area contributed by atoms with Gasteiger partial charge in [-0.2, -0.15) is 0 Å². The molecule has 11 N–H and O–H groups in total. The molecule has 2 aromatic rings. The summed E-state index contributed by atoms with van der Waals surface area (Å²) in [6.07, 6.45) is -24.9. The van der Waals surface area contributed by atoms with Crippen LogP contribution in [-0.4, -0.2) is 210 Å². The van der Waals surface area contributed by atoms with Gasteiger partial charge in [-0.15, -0.1) is 0 Å². The van der Waals surface area contributed by atoms with E-state index in [1.54, 1.807) is 24.3 Å². The molecule has 19 atom stereocenters. The minimum atomic E-state index is -1.81. The first-order chi connectivity index (χ1) is 30.2. The Balaban J connectivity index is 1.06. The van der Waals surface area contributed by atoms with Crippen molar-refractivity contribution in [3.05, 3.63) is 35.4 Å². The summed E-state index contributed by atoms with van der Waals surface area (Å²) in [5.41, 5.74) is 1.27. The van der Waals surface area contributed by atoms with Crippen LogP contribution in [0.25, 0.3) is 0 Å². The topological polar surface area (TPSA) is 333 Å². The SMILES string of the molecule is COc1cc([C@@H]2OC[C@H]3[C@H]2CO[C@@H]3c2cc(OC)c(O[C@@H]3O[C@H](CO[C@@H]4O[C@H](CO)[C@@H](O)[C@H](O)[C@H]4O)[C@@H](O)[C@H](O)[C@H]3O)c(OC)c2)cc(OC)c1O[C@@H]1O[C@H](CO)[C@@H](O)[C@H](O)[C@H]1O. The van der Waals surface area contributed by atoms with Gasteiger partial charge in [-0.3, -0.25) is 0 Å². The molecule has 0 aromatic heterocycles. The lowest BCUT2D eigenvalue weighted by atomic mass is 9.84. The molecule has 5 aliphatic heterocycles. The van der Waals surface area contributed by atoms with Gasteiger partial charge >= 0.3 is 0 Å². The Bertz CT molecular complexity index is 1780. The molecular formula is C40H56O23. The van der Waals surface area contributed by atoms with Crippen LogP contribution in [0.3, 0.4) is 0 Å². The van der Waals surface area contributed by atoms with Crippen LogP contribution in [0.15, 0.2) is 24.3 Å². The number of ether oxygens (including phenoxy) is 12. The van der Waals surface area contributed by atoms with Gasteiger partial charge in [-0.1, -0.05) is 0 Å². The minimum absolute atomic E-state index is 0.0263. The molecule has 2 aromatic carbocycles. The molecule has 5 fully saturated rings. The van der Waals surface area contributed by atoms with Gasteiger partial charge in [0.2, 0.25) is 24.1 Å². The number of fused-ring (bicyclic) bond motifs is 1. The molecule has 7 rings (SSSR count). The zero-order valence-electron chi connectivity index (χ0n) is 34.6. The van der Waals surface area contributed by atoms with Crippen LogP contribution in [0.4, 0.5) is 0 Å². The lowest BCUT2D eigenvalue weighted by Crippen LogP contribution is -2.62. The highest BCUT2D eigenvalue weighted by Crippen LogP contribution is 2.54. The molecule has 5 heterocycles. The number of rotatable bonds is 15. The first-order valence-corrected chi connectivity index (χ1v) is 20.2. The van der Waals surface area contributed by atoms with E-state index < -0.39 is 124 Å². The molecule has 23 heteroatoms. The van der Waals surface area contributed by atoms with Gasteiger partial charge in [0.05, 0.1) is 73.7 Å². The standard InChI is InChI=1S/C40H56O23/c1-52-18-5-14(6-19(53-2)36(18)62-39-32(50)29(47)26(44)23(10-42)60-39)34-16-11-57-35(17(16)12-56-34)15-7-20(54-3)37(21(8-15)55-4)63-40-33(51)30(48)27(45)24(61-40)13-58-38-31(49)28(46)25(43)22(9-41)59-38/h5-8,16-17,22-35,38-51H,9-13H2,1-4H3/t16-,17+,22-,23-,24-,25-,26-,27-,28+,29+,30+,31-,32-,33-,34+,35-,38-,39+,40+/m1/s1. The summed E-state index contributed by atoms with van der Waals surface area (Å²) in [4.78, 5) is 0. The number of benzene rings is 2. The maximum absolute atomic E-state index is 10.9. The van der Waals surface area contributed by atoms with E-state index >= 15 is 0 Å². The zero-order valence-corrected chi connectivity index (χ0v) is 34.6. The summed E-state index contributed by atoms with van der Waals surface area (Å²) < 4.78 is 69.6. The number of aliphatic hydroxyl groups is 11. The number of hydrogen-bond acceptors (Lipinski definition) is 23. The van der Waals surface area contributed by atoms with Gasteiger partial charge in [-0.05, 0) is 35.4 Å². The van der Waals surface area contributed by atoms with Gasteiger partial charge in [0, 0.05) is 11.8 Å². The van der Waals surface area contributed by atoms with Crippen molar-refractivity contribution in [1.82, 2.24) is 0 Å². The Morgan fingerprint density at radius 1 is 0.460 bits per heavy atom. The summed E-state index contributed by atoms with van der Waals surface area (Å²) in [5.74, 6) is 0.219. The van der Waals surface area contributed by atoms with Crippen LogP contribution in [0.5, 0.6) is 34.5 Å². The highest BCUT2D eigenvalue weighted by atomic mass is 16.7. The fraction of sp³-hybridized carbons (Fsp3) is 0.700. The van der Waals surface area contributed by atoms with E-state index in [1.807, 2.05) is 0 Å². The van der Waals surface area contributed by atoms with E-state index in [-0.39, 0.29) is 59.5 Å². The number of methoxy groups -OCH3 is 4. The molecule has 0 aliphatic carbocycles. The van der Waals surface area contributed by atoms with Gasteiger partial charge in [0.25, 0.3) is 0 Å². The second-order valence-corrected chi connectivity index (χ2v) is 15.8. The predicted molar refractivity (Wildman–Crippen MR) is 205 cm³/mol. The van der Waals surface area contributed by atoms with Crippen LogP contribution in [0.1, 0.15) is 23.3 Å². The zero-order chi connectivity index (χ0) is 45.4. The fourth-order valence-corrected chi connectivity index (χ4v) is 8.54. The van der Waals surface area contributed by atoms with Crippen molar-refractivity contribution in [1.29, 1.82) is 0 Å². The first kappa shape index (κ1) is 47.5. The first-order valence-electron chi connectivity index (χ1n) is 20.2. The molecule has 0 unspecified atom stereocenters. The lowest BCUT2D eigenvalue weighted by molar-refractivity contribution is -0.323. The fourth-order valence-electron chi connectivity index (χ4n) is 8.54. The van der Waals surface area contributed by atoms with Crippen molar-refractivity contribution < 1.29 is 113 Å². The molecule has 0 spiro atoms.